The molecule has 1 N–H and O–H groups in total. The molecule has 0 aliphatic carbocycles. The fraction of sp³-hybridized carbons (Fsp3) is 0.167. The lowest BCUT2D eigenvalue weighted by Gasteiger charge is -2.03. The summed E-state index contributed by atoms with van der Waals surface area (Å²) in [5, 5.41) is 14.5. The van der Waals surface area contributed by atoms with Gasteiger partial charge in [-0.1, -0.05) is 23.2 Å². The molecule has 0 aliphatic heterocycles. The van der Waals surface area contributed by atoms with Crippen molar-refractivity contribution in [3.63, 3.8) is 0 Å². The van der Waals surface area contributed by atoms with E-state index in [2.05, 4.69) is 5.10 Å². The molecule has 0 spiro atoms. The van der Waals surface area contributed by atoms with Gasteiger partial charge in [0.1, 0.15) is 5.56 Å². The Hall–Kier alpha value is -0.754. The van der Waals surface area contributed by atoms with E-state index in [1.165, 1.54) is 16.8 Å². The summed E-state index contributed by atoms with van der Waals surface area (Å²) in [6, 6.07) is 4.58. The fourth-order valence-corrected chi connectivity index (χ4v) is 2.21. The van der Waals surface area contributed by atoms with E-state index in [1.807, 2.05) is 0 Å². The molecule has 1 aromatic heterocycles. The molecular weight excluding hydrogens is 299 g/mol. The van der Waals surface area contributed by atoms with Gasteiger partial charge in [0, 0.05) is 17.6 Å². The molecule has 1 aromatic carbocycles. The van der Waals surface area contributed by atoms with E-state index in [0.717, 1.165) is 0 Å². The van der Waals surface area contributed by atoms with Gasteiger partial charge in [0.25, 0.3) is 0 Å². The van der Waals surface area contributed by atoms with Crippen LogP contribution in [-0.2, 0) is 7.05 Å². The Balaban J connectivity index is 0.00000180. The predicted octanol–water partition coefficient (Wildman–Crippen LogP) is 2.06. The summed E-state index contributed by atoms with van der Waals surface area (Å²) in [5.74, 6) is -0.553. The lowest BCUT2D eigenvalue weighted by Crippen LogP contribution is -2.03. The Morgan fingerprint density at radius 3 is 2.47 bits per heavy atom. The van der Waals surface area contributed by atoms with E-state index in [9.17, 15) is 9.90 Å². The molecule has 2 aromatic rings. The number of benzene rings is 1. The van der Waals surface area contributed by atoms with E-state index in [4.69, 9.17) is 23.2 Å². The normalized spacial score (nSPS) is 10.1. The van der Waals surface area contributed by atoms with Gasteiger partial charge in [0.05, 0.1) is 10.7 Å². The number of aromatic hydroxyl groups is 1. The number of ketones is 1. The van der Waals surface area contributed by atoms with Crippen LogP contribution in [0, 0.1) is 6.92 Å². The summed E-state index contributed by atoms with van der Waals surface area (Å²) < 4.78 is 1.24. The second kappa shape index (κ2) is 6.13. The Morgan fingerprint density at radius 2 is 2.00 bits per heavy atom. The number of hydrogen-bond acceptors (Lipinski definition) is 3. The van der Waals surface area contributed by atoms with Crippen LogP contribution < -0.4 is 0 Å². The Labute approximate surface area is 136 Å². The van der Waals surface area contributed by atoms with Gasteiger partial charge < -0.3 is 5.11 Å². The maximum absolute atomic E-state index is 12.3. The maximum Gasteiger partial charge on any atom is 0.316 e. The van der Waals surface area contributed by atoms with Crippen LogP contribution >= 0.6 is 23.2 Å². The van der Waals surface area contributed by atoms with Crippen molar-refractivity contribution in [2.24, 2.45) is 7.05 Å². The first kappa shape index (κ1) is 16.3. The van der Waals surface area contributed by atoms with Gasteiger partial charge in [-0.25, -0.2) is 4.68 Å². The number of aryl methyl sites for hydroxylation is 2. The third-order valence-corrected chi connectivity index (χ3v) is 3.14. The van der Waals surface area contributed by atoms with Crippen LogP contribution in [0.1, 0.15) is 21.6 Å². The van der Waals surface area contributed by atoms with Crippen LogP contribution in [0.5, 0.6) is 5.88 Å². The van der Waals surface area contributed by atoms with Crippen molar-refractivity contribution in [1.82, 2.24) is 9.78 Å². The smallest absolute Gasteiger partial charge is 0.316 e. The number of nitrogens with zero attached hydrogens (tertiary/aromatic N) is 2. The highest BCUT2D eigenvalue weighted by Gasteiger charge is 2.22. The molecule has 0 unspecified atom stereocenters. The first-order valence-electron chi connectivity index (χ1n) is 5.14. The molecule has 1 heterocycles. The van der Waals surface area contributed by atoms with Crippen molar-refractivity contribution >= 4 is 52.0 Å². The first-order chi connectivity index (χ1) is 8.41. The summed E-state index contributed by atoms with van der Waals surface area (Å²) in [4.78, 5) is 12.3. The van der Waals surface area contributed by atoms with E-state index >= 15 is 0 Å². The van der Waals surface area contributed by atoms with Crippen molar-refractivity contribution in [3.8, 4) is 5.88 Å². The molecular formula is C12H12Cl2MgN2O2. The minimum Gasteiger partial charge on any atom is -0.493 e. The molecule has 4 nitrogen and oxygen atoms in total. The van der Waals surface area contributed by atoms with Crippen molar-refractivity contribution in [3.05, 3.63) is 45.1 Å². The first-order valence-corrected chi connectivity index (χ1v) is 5.89. The molecule has 0 saturated carbocycles. The lowest BCUT2D eigenvalue weighted by atomic mass is 10.0. The molecule has 0 bridgehead atoms. The fourth-order valence-electron chi connectivity index (χ4n) is 1.72. The van der Waals surface area contributed by atoms with E-state index in [0.29, 0.717) is 10.7 Å². The van der Waals surface area contributed by atoms with Gasteiger partial charge in [-0.15, -0.1) is 0 Å². The largest absolute Gasteiger partial charge is 0.493 e. The van der Waals surface area contributed by atoms with Crippen molar-refractivity contribution in [2.45, 2.75) is 6.92 Å². The number of hydrogen-bond donors (Lipinski definition) is 1. The average Bonchev–Trinajstić information content (AvgIpc) is 2.52. The van der Waals surface area contributed by atoms with E-state index < -0.39 is 0 Å². The third-order valence-electron chi connectivity index (χ3n) is 2.59. The number of carbonyl (C=O) groups excluding carboxylic acids is 1. The van der Waals surface area contributed by atoms with Gasteiger partial charge in [0.2, 0.25) is 11.7 Å². The SMILES string of the molecule is Cc1nn(C)c(O)c1C(=O)c1ccc(Cl)cc1Cl.[MgH2]. The predicted molar refractivity (Wildman–Crippen MR) is 78.0 cm³/mol. The summed E-state index contributed by atoms with van der Waals surface area (Å²) in [7, 11) is 1.56. The van der Waals surface area contributed by atoms with Crippen LogP contribution in [-0.4, -0.2) is 43.7 Å². The zero-order chi connectivity index (χ0) is 13.4. The molecule has 19 heavy (non-hydrogen) atoms. The highest BCUT2D eigenvalue weighted by molar-refractivity contribution is 6.37. The second-order valence-corrected chi connectivity index (χ2v) is 4.70. The van der Waals surface area contributed by atoms with Gasteiger partial charge in [-0.05, 0) is 25.1 Å². The number of aromatic nitrogens is 2. The lowest BCUT2D eigenvalue weighted by molar-refractivity contribution is 0.103. The quantitative estimate of drug-likeness (QED) is 0.682. The zero-order valence-electron chi connectivity index (χ0n) is 9.74. The Kier molecular flexibility index (Phi) is 5.26. The van der Waals surface area contributed by atoms with Gasteiger partial charge in [-0.2, -0.15) is 5.10 Å². The van der Waals surface area contributed by atoms with Crippen LogP contribution in [0.2, 0.25) is 10.0 Å². The topological polar surface area (TPSA) is 55.1 Å². The summed E-state index contributed by atoms with van der Waals surface area (Å²) in [5.41, 5.74) is 0.889. The number of carbonyl (C=O) groups is 1. The van der Waals surface area contributed by atoms with Gasteiger partial charge >= 0.3 is 23.1 Å². The summed E-state index contributed by atoms with van der Waals surface area (Å²) in [6.45, 7) is 1.65. The number of halogens is 2. The zero-order valence-corrected chi connectivity index (χ0v) is 11.2. The van der Waals surface area contributed by atoms with Crippen LogP contribution in [0.3, 0.4) is 0 Å². The Morgan fingerprint density at radius 1 is 1.37 bits per heavy atom. The van der Waals surface area contributed by atoms with Crippen molar-refractivity contribution in [2.75, 3.05) is 0 Å². The van der Waals surface area contributed by atoms with Gasteiger partial charge in [-0.3, -0.25) is 4.79 Å². The molecule has 0 atom stereocenters. The standard InChI is InChI=1S/C12H10Cl2N2O2.Mg.2H/c1-6-10(12(18)16(2)15-6)11(17)8-4-3-7(13)5-9(8)14;;;/h3-5,18H,1-2H3;;;. The van der Waals surface area contributed by atoms with E-state index in [-0.39, 0.29) is 50.9 Å². The van der Waals surface area contributed by atoms with Crippen LogP contribution in [0.25, 0.3) is 0 Å². The summed E-state index contributed by atoms with van der Waals surface area (Å²) >= 11 is 11.7. The van der Waals surface area contributed by atoms with Crippen molar-refractivity contribution < 1.29 is 9.90 Å². The molecule has 0 fully saturated rings. The average molecular weight is 311 g/mol. The van der Waals surface area contributed by atoms with Crippen molar-refractivity contribution in [1.29, 1.82) is 0 Å². The molecule has 98 valence electrons. The summed E-state index contributed by atoms with van der Waals surface area (Å²) in [6.07, 6.45) is 0. The monoisotopic (exact) mass is 310 g/mol. The minimum absolute atomic E-state index is 0. The maximum atomic E-state index is 12.3. The van der Waals surface area contributed by atoms with Crippen LogP contribution in [0.15, 0.2) is 18.2 Å². The van der Waals surface area contributed by atoms with Crippen LogP contribution in [0.4, 0.5) is 0 Å². The molecule has 0 amide bonds. The molecule has 0 radical (unpaired) electrons. The molecule has 7 heteroatoms. The third kappa shape index (κ3) is 3.05. The second-order valence-electron chi connectivity index (χ2n) is 3.86. The molecule has 2 rings (SSSR count). The molecule has 0 saturated heterocycles. The number of rotatable bonds is 2. The molecule has 0 aliphatic rings. The minimum atomic E-state index is -0.375. The highest BCUT2D eigenvalue weighted by atomic mass is 35.5. The van der Waals surface area contributed by atoms with Gasteiger partial charge in [0.15, 0.2) is 0 Å². The Bertz CT molecular complexity index is 641. The highest BCUT2D eigenvalue weighted by Crippen LogP contribution is 2.28. The van der Waals surface area contributed by atoms with E-state index in [1.54, 1.807) is 20.0 Å².